The van der Waals surface area contributed by atoms with E-state index >= 15 is 0 Å². The summed E-state index contributed by atoms with van der Waals surface area (Å²) < 4.78 is 0. The molecule has 0 spiro atoms. The van der Waals surface area contributed by atoms with Crippen LogP contribution in [0.15, 0.2) is 18.2 Å². The zero-order chi connectivity index (χ0) is 14.1. The van der Waals surface area contributed by atoms with Gasteiger partial charge in [-0.3, -0.25) is 14.9 Å². The lowest BCUT2D eigenvalue weighted by atomic mass is 10.1. The van der Waals surface area contributed by atoms with Crippen LogP contribution in [-0.4, -0.2) is 22.0 Å². The third kappa shape index (κ3) is 2.39. The van der Waals surface area contributed by atoms with Gasteiger partial charge in [-0.05, 0) is 24.1 Å². The third-order valence-electron chi connectivity index (χ3n) is 2.99. The monoisotopic (exact) mass is 288 g/mol. The molecular formula is C13H12N4O2S. The normalized spacial score (nSPS) is 12.9. The van der Waals surface area contributed by atoms with Crippen molar-refractivity contribution in [2.75, 3.05) is 10.6 Å². The van der Waals surface area contributed by atoms with Crippen LogP contribution < -0.4 is 10.6 Å². The molecule has 3 rings (SSSR count). The summed E-state index contributed by atoms with van der Waals surface area (Å²) in [5.74, 6) is -0.304. The van der Waals surface area contributed by atoms with Gasteiger partial charge in [0.25, 0.3) is 5.91 Å². The predicted molar refractivity (Wildman–Crippen MR) is 76.0 cm³/mol. The summed E-state index contributed by atoms with van der Waals surface area (Å²) in [6.07, 6.45) is 1.16. The van der Waals surface area contributed by atoms with Gasteiger partial charge < -0.3 is 5.32 Å². The summed E-state index contributed by atoms with van der Waals surface area (Å²) in [6, 6.07) is 5.17. The van der Waals surface area contributed by atoms with E-state index < -0.39 is 0 Å². The summed E-state index contributed by atoms with van der Waals surface area (Å²) in [4.78, 5) is 23.4. The molecule has 0 saturated carbocycles. The standard InChI is InChI=1S/C13H12N4O2S/c1-2-11-16-17-13(20-11)15-12(19)8-4-3-7-6-10(18)14-9(7)5-8/h3-5H,2,6H2,1H3,(H,14,18)(H,15,17,19). The molecule has 0 atom stereocenters. The summed E-state index contributed by atoms with van der Waals surface area (Å²) in [5, 5.41) is 14.6. The molecule has 0 bridgehead atoms. The molecule has 0 fully saturated rings. The second kappa shape index (κ2) is 5.01. The number of carbonyl (C=O) groups is 2. The molecule has 0 saturated heterocycles. The quantitative estimate of drug-likeness (QED) is 0.902. The number of carbonyl (C=O) groups excluding carboxylic acids is 2. The highest BCUT2D eigenvalue weighted by molar-refractivity contribution is 7.15. The Labute approximate surface area is 119 Å². The molecule has 6 nitrogen and oxygen atoms in total. The maximum Gasteiger partial charge on any atom is 0.257 e. The van der Waals surface area contributed by atoms with Crippen molar-refractivity contribution < 1.29 is 9.59 Å². The number of aromatic nitrogens is 2. The average molecular weight is 288 g/mol. The number of nitrogens with zero attached hydrogens (tertiary/aromatic N) is 2. The fourth-order valence-corrected chi connectivity index (χ4v) is 2.65. The summed E-state index contributed by atoms with van der Waals surface area (Å²) in [6.45, 7) is 1.98. The molecule has 1 aliphatic rings. The molecule has 0 radical (unpaired) electrons. The number of hydrogen-bond donors (Lipinski definition) is 2. The van der Waals surface area contributed by atoms with Crippen LogP contribution >= 0.6 is 11.3 Å². The van der Waals surface area contributed by atoms with Crippen LogP contribution in [0.4, 0.5) is 10.8 Å². The van der Waals surface area contributed by atoms with Gasteiger partial charge in [-0.2, -0.15) is 0 Å². The van der Waals surface area contributed by atoms with E-state index in [1.165, 1.54) is 11.3 Å². The molecule has 2 heterocycles. The SMILES string of the molecule is CCc1nnc(NC(=O)c2ccc3c(c2)NC(=O)C3)s1. The van der Waals surface area contributed by atoms with Crippen molar-refractivity contribution in [3.05, 3.63) is 34.3 Å². The molecule has 0 unspecified atom stereocenters. The Balaban J connectivity index is 1.77. The van der Waals surface area contributed by atoms with E-state index in [1.807, 2.05) is 6.92 Å². The van der Waals surface area contributed by atoms with Gasteiger partial charge in [0.05, 0.1) is 6.42 Å². The minimum absolute atomic E-state index is 0.0470. The predicted octanol–water partition coefficient (Wildman–Crippen LogP) is 1.85. The van der Waals surface area contributed by atoms with Crippen molar-refractivity contribution in [2.45, 2.75) is 19.8 Å². The first kappa shape index (κ1) is 12.7. The molecule has 7 heteroatoms. The Hall–Kier alpha value is -2.28. The Morgan fingerprint density at radius 3 is 3.05 bits per heavy atom. The van der Waals surface area contributed by atoms with Crippen molar-refractivity contribution in [1.29, 1.82) is 0 Å². The zero-order valence-corrected chi connectivity index (χ0v) is 11.6. The smallest absolute Gasteiger partial charge is 0.257 e. The highest BCUT2D eigenvalue weighted by Crippen LogP contribution is 2.24. The van der Waals surface area contributed by atoms with Gasteiger partial charge in [-0.1, -0.05) is 24.3 Å². The number of hydrogen-bond acceptors (Lipinski definition) is 5. The van der Waals surface area contributed by atoms with E-state index in [1.54, 1.807) is 18.2 Å². The van der Waals surface area contributed by atoms with Crippen molar-refractivity contribution in [3.63, 3.8) is 0 Å². The Kier molecular flexibility index (Phi) is 3.19. The number of amides is 2. The van der Waals surface area contributed by atoms with Gasteiger partial charge in [0.1, 0.15) is 5.01 Å². The van der Waals surface area contributed by atoms with E-state index in [4.69, 9.17) is 0 Å². The number of fused-ring (bicyclic) bond motifs is 1. The molecule has 2 N–H and O–H groups in total. The number of rotatable bonds is 3. The van der Waals surface area contributed by atoms with E-state index in [9.17, 15) is 9.59 Å². The first-order valence-electron chi connectivity index (χ1n) is 6.22. The second-order valence-corrected chi connectivity index (χ2v) is 5.47. The summed E-state index contributed by atoms with van der Waals surface area (Å²) in [7, 11) is 0. The van der Waals surface area contributed by atoms with Crippen molar-refractivity contribution in [3.8, 4) is 0 Å². The zero-order valence-electron chi connectivity index (χ0n) is 10.8. The first-order chi connectivity index (χ1) is 9.65. The molecule has 1 aromatic heterocycles. The maximum absolute atomic E-state index is 12.1. The Bertz CT molecular complexity index is 695. The van der Waals surface area contributed by atoms with E-state index in [0.717, 1.165) is 17.0 Å². The van der Waals surface area contributed by atoms with Crippen molar-refractivity contribution in [1.82, 2.24) is 10.2 Å². The van der Waals surface area contributed by atoms with Gasteiger partial charge in [0.2, 0.25) is 11.0 Å². The van der Waals surface area contributed by atoms with E-state index in [0.29, 0.717) is 22.8 Å². The van der Waals surface area contributed by atoms with Crippen LogP contribution in [-0.2, 0) is 17.6 Å². The summed E-state index contributed by atoms with van der Waals surface area (Å²) >= 11 is 1.36. The number of benzene rings is 1. The van der Waals surface area contributed by atoms with Crippen LogP contribution in [0.5, 0.6) is 0 Å². The minimum atomic E-state index is -0.257. The lowest BCUT2D eigenvalue weighted by Crippen LogP contribution is -2.12. The van der Waals surface area contributed by atoms with Gasteiger partial charge in [-0.25, -0.2) is 0 Å². The molecule has 102 valence electrons. The first-order valence-corrected chi connectivity index (χ1v) is 7.04. The largest absolute Gasteiger partial charge is 0.326 e. The van der Waals surface area contributed by atoms with Crippen LogP contribution in [0.2, 0.25) is 0 Å². The van der Waals surface area contributed by atoms with Gasteiger partial charge in [-0.15, -0.1) is 10.2 Å². The molecular weight excluding hydrogens is 276 g/mol. The molecule has 2 aromatic rings. The molecule has 2 amide bonds. The highest BCUT2D eigenvalue weighted by atomic mass is 32.1. The van der Waals surface area contributed by atoms with E-state index in [2.05, 4.69) is 20.8 Å². The van der Waals surface area contributed by atoms with Crippen LogP contribution in [0.1, 0.15) is 27.9 Å². The highest BCUT2D eigenvalue weighted by Gasteiger charge is 2.19. The van der Waals surface area contributed by atoms with Crippen LogP contribution in [0, 0.1) is 0 Å². The Morgan fingerprint density at radius 2 is 2.30 bits per heavy atom. The van der Waals surface area contributed by atoms with Crippen molar-refractivity contribution >= 4 is 34.0 Å². The fraction of sp³-hybridized carbons (Fsp3) is 0.231. The van der Waals surface area contributed by atoms with Gasteiger partial charge >= 0.3 is 0 Å². The molecule has 1 aromatic carbocycles. The average Bonchev–Trinajstić information content (AvgIpc) is 3.02. The summed E-state index contributed by atoms with van der Waals surface area (Å²) in [5.41, 5.74) is 2.10. The number of nitrogens with one attached hydrogen (secondary N) is 2. The maximum atomic E-state index is 12.1. The lowest BCUT2D eigenvalue weighted by Gasteiger charge is -2.04. The van der Waals surface area contributed by atoms with Crippen LogP contribution in [0.25, 0.3) is 0 Å². The molecule has 0 aliphatic carbocycles. The van der Waals surface area contributed by atoms with Crippen molar-refractivity contribution in [2.24, 2.45) is 0 Å². The van der Waals surface area contributed by atoms with Gasteiger partial charge in [0.15, 0.2) is 0 Å². The molecule has 20 heavy (non-hydrogen) atoms. The number of aryl methyl sites for hydroxylation is 1. The second-order valence-electron chi connectivity index (χ2n) is 4.41. The fourth-order valence-electron chi connectivity index (χ4n) is 1.97. The van der Waals surface area contributed by atoms with Crippen LogP contribution in [0.3, 0.4) is 0 Å². The third-order valence-corrected chi connectivity index (χ3v) is 3.97. The molecule has 1 aliphatic heterocycles. The lowest BCUT2D eigenvalue weighted by molar-refractivity contribution is -0.115. The topological polar surface area (TPSA) is 84.0 Å². The Morgan fingerprint density at radius 1 is 1.45 bits per heavy atom. The van der Waals surface area contributed by atoms with E-state index in [-0.39, 0.29) is 11.8 Å². The van der Waals surface area contributed by atoms with Gasteiger partial charge in [0, 0.05) is 11.3 Å². The number of anilines is 2. The minimum Gasteiger partial charge on any atom is -0.326 e.